The smallest absolute Gasteiger partial charge is 0.250 e. The van der Waals surface area contributed by atoms with Crippen LogP contribution >= 0.6 is 0 Å². The third kappa shape index (κ3) is 3.67. The van der Waals surface area contributed by atoms with Crippen molar-refractivity contribution in [3.8, 4) is 5.75 Å². The molecule has 5 heteroatoms. The Bertz CT molecular complexity index is 607. The average Bonchev–Trinajstić information content (AvgIpc) is 2.47. The van der Waals surface area contributed by atoms with Crippen molar-refractivity contribution in [1.82, 2.24) is 4.98 Å². The number of pyridine rings is 1. The van der Waals surface area contributed by atoms with Gasteiger partial charge in [0.25, 0.3) is 0 Å². The second-order valence-electron chi connectivity index (χ2n) is 6.87. The molecule has 0 amide bonds. The number of anilines is 2. The van der Waals surface area contributed by atoms with Gasteiger partial charge in [0, 0.05) is 12.4 Å². The fourth-order valence-electron chi connectivity index (χ4n) is 1.74. The Kier molecular flexibility index (Phi) is 4.58. The van der Waals surface area contributed by atoms with E-state index in [4.69, 9.17) is 4.43 Å². The highest BCUT2D eigenvalue weighted by atomic mass is 28.4. The van der Waals surface area contributed by atoms with Gasteiger partial charge in [0.1, 0.15) is 5.75 Å². The topological polar surface area (TPSA) is 45.6 Å². The average molecular weight is 316 g/mol. The number of rotatable bonds is 4. The monoisotopic (exact) mass is 316 g/mol. The van der Waals surface area contributed by atoms with Crippen molar-refractivity contribution < 1.29 is 9.63 Å². The van der Waals surface area contributed by atoms with Crippen molar-refractivity contribution in [2.45, 2.75) is 38.9 Å². The van der Waals surface area contributed by atoms with Gasteiger partial charge in [-0.05, 0) is 54.5 Å². The molecule has 0 aliphatic rings. The summed E-state index contributed by atoms with van der Waals surface area (Å²) in [4.78, 5) is 3.95. The van der Waals surface area contributed by atoms with Crippen molar-refractivity contribution in [1.29, 1.82) is 0 Å². The first-order valence-electron chi connectivity index (χ1n) is 7.39. The Morgan fingerprint density at radius 1 is 0.955 bits per heavy atom. The van der Waals surface area contributed by atoms with Gasteiger partial charge in [0.15, 0.2) is 0 Å². The first kappa shape index (κ1) is 16.5. The Morgan fingerprint density at radius 2 is 1.45 bits per heavy atom. The zero-order chi connectivity index (χ0) is 16.4. The van der Waals surface area contributed by atoms with Gasteiger partial charge in [-0.3, -0.25) is 10.2 Å². The Labute approximate surface area is 133 Å². The summed E-state index contributed by atoms with van der Waals surface area (Å²) < 4.78 is 6.24. The van der Waals surface area contributed by atoms with E-state index < -0.39 is 8.32 Å². The van der Waals surface area contributed by atoms with Crippen molar-refractivity contribution in [3.63, 3.8) is 0 Å². The Morgan fingerprint density at radius 3 is 1.95 bits per heavy atom. The van der Waals surface area contributed by atoms with Crippen LogP contribution in [0.15, 0.2) is 48.8 Å². The predicted molar refractivity (Wildman–Crippen MR) is 92.4 cm³/mol. The molecule has 0 aliphatic heterocycles. The molecule has 0 bridgehead atoms. The normalized spacial score (nSPS) is 12.1. The molecule has 2 rings (SSSR count). The highest BCUT2D eigenvalue weighted by Gasteiger charge is 2.38. The van der Waals surface area contributed by atoms with Crippen molar-refractivity contribution in [2.75, 3.05) is 5.06 Å². The lowest BCUT2D eigenvalue weighted by Crippen LogP contribution is -2.43. The second kappa shape index (κ2) is 6.10. The van der Waals surface area contributed by atoms with Gasteiger partial charge in [-0.2, -0.15) is 0 Å². The molecule has 22 heavy (non-hydrogen) atoms. The van der Waals surface area contributed by atoms with Gasteiger partial charge in [-0.1, -0.05) is 20.8 Å². The summed E-state index contributed by atoms with van der Waals surface area (Å²) >= 11 is 0. The van der Waals surface area contributed by atoms with E-state index in [2.05, 4.69) is 38.8 Å². The molecule has 0 fully saturated rings. The van der Waals surface area contributed by atoms with Gasteiger partial charge in [0.05, 0.1) is 11.4 Å². The molecule has 0 aliphatic carbocycles. The highest BCUT2D eigenvalue weighted by Crippen LogP contribution is 2.37. The molecule has 0 saturated heterocycles. The van der Waals surface area contributed by atoms with E-state index in [1.54, 1.807) is 24.5 Å². The molecule has 118 valence electrons. The second-order valence-corrected chi connectivity index (χ2v) is 11.6. The molecule has 0 saturated carbocycles. The molecule has 0 radical (unpaired) electrons. The maximum absolute atomic E-state index is 10.2. The fourth-order valence-corrected chi connectivity index (χ4v) is 2.77. The van der Waals surface area contributed by atoms with Crippen LogP contribution in [0.25, 0.3) is 0 Å². The lowest BCUT2D eigenvalue weighted by atomic mass is 10.2. The summed E-state index contributed by atoms with van der Waals surface area (Å²) in [7, 11) is -1.84. The SMILES string of the molecule is CC(C)(C)[Si](C)(C)Oc1ccc(N(O)c2ccncc2)cc1. The van der Waals surface area contributed by atoms with Crippen molar-refractivity contribution >= 4 is 19.7 Å². The molecule has 0 unspecified atom stereocenters. The van der Waals surface area contributed by atoms with E-state index in [-0.39, 0.29) is 5.04 Å². The first-order valence-corrected chi connectivity index (χ1v) is 10.3. The molecule has 1 heterocycles. The molecule has 4 nitrogen and oxygen atoms in total. The third-order valence-corrected chi connectivity index (χ3v) is 8.53. The quantitative estimate of drug-likeness (QED) is 0.637. The zero-order valence-electron chi connectivity index (χ0n) is 13.9. The minimum Gasteiger partial charge on any atom is -0.544 e. The Balaban J connectivity index is 2.14. The van der Waals surface area contributed by atoms with Crippen LogP contribution in [0.1, 0.15) is 20.8 Å². The summed E-state index contributed by atoms with van der Waals surface area (Å²) in [6.07, 6.45) is 3.29. The van der Waals surface area contributed by atoms with Crippen LogP contribution in [0.5, 0.6) is 5.75 Å². The lowest BCUT2D eigenvalue weighted by Gasteiger charge is -2.36. The highest BCUT2D eigenvalue weighted by molar-refractivity contribution is 6.74. The van der Waals surface area contributed by atoms with E-state index in [1.807, 2.05) is 24.3 Å². The van der Waals surface area contributed by atoms with E-state index in [1.165, 1.54) is 0 Å². The van der Waals surface area contributed by atoms with E-state index >= 15 is 0 Å². The van der Waals surface area contributed by atoms with Crippen LogP contribution in [0.4, 0.5) is 11.4 Å². The van der Waals surface area contributed by atoms with Gasteiger partial charge in [0.2, 0.25) is 8.32 Å². The summed E-state index contributed by atoms with van der Waals surface area (Å²) in [5.41, 5.74) is 1.36. The van der Waals surface area contributed by atoms with E-state index in [0.717, 1.165) is 10.8 Å². The van der Waals surface area contributed by atoms with Crippen LogP contribution in [0.2, 0.25) is 18.1 Å². The number of nitrogens with zero attached hydrogens (tertiary/aromatic N) is 2. The maximum Gasteiger partial charge on any atom is 0.250 e. The van der Waals surface area contributed by atoms with Crippen LogP contribution in [-0.4, -0.2) is 18.5 Å². The molecule has 1 aromatic carbocycles. The fraction of sp³-hybridized carbons (Fsp3) is 0.353. The third-order valence-electron chi connectivity index (χ3n) is 4.17. The maximum atomic E-state index is 10.2. The zero-order valence-corrected chi connectivity index (χ0v) is 14.9. The van der Waals surface area contributed by atoms with Crippen LogP contribution < -0.4 is 9.49 Å². The number of benzene rings is 1. The van der Waals surface area contributed by atoms with Crippen molar-refractivity contribution in [3.05, 3.63) is 48.8 Å². The largest absolute Gasteiger partial charge is 0.544 e. The molecular weight excluding hydrogens is 292 g/mol. The Hall–Kier alpha value is -1.85. The standard InChI is InChI=1S/C17H24N2O2Si/c1-17(2,3)22(4,5)21-16-8-6-14(7-9-16)19(20)15-10-12-18-13-11-15/h6-13,20H,1-5H3. The molecule has 0 atom stereocenters. The minimum atomic E-state index is -1.84. The van der Waals surface area contributed by atoms with Gasteiger partial charge in [-0.15, -0.1) is 0 Å². The van der Waals surface area contributed by atoms with Crippen molar-refractivity contribution in [2.24, 2.45) is 0 Å². The van der Waals surface area contributed by atoms with E-state index in [0.29, 0.717) is 11.4 Å². The molecule has 1 N–H and O–H groups in total. The summed E-state index contributed by atoms with van der Waals surface area (Å²) in [5.74, 6) is 0.846. The first-order chi connectivity index (χ1) is 10.2. The van der Waals surface area contributed by atoms with Gasteiger partial charge >= 0.3 is 0 Å². The molecule has 0 spiro atoms. The van der Waals surface area contributed by atoms with Gasteiger partial charge in [-0.25, -0.2) is 5.06 Å². The van der Waals surface area contributed by atoms with Crippen LogP contribution in [-0.2, 0) is 0 Å². The molecular formula is C17H24N2O2Si. The van der Waals surface area contributed by atoms with E-state index in [9.17, 15) is 5.21 Å². The van der Waals surface area contributed by atoms with Crippen LogP contribution in [0.3, 0.4) is 0 Å². The summed E-state index contributed by atoms with van der Waals surface area (Å²) in [5, 5.41) is 11.5. The number of aromatic nitrogens is 1. The minimum absolute atomic E-state index is 0.158. The number of hydrogen-bond donors (Lipinski definition) is 1. The lowest BCUT2D eigenvalue weighted by molar-refractivity contribution is 0.301. The van der Waals surface area contributed by atoms with Gasteiger partial charge < -0.3 is 4.43 Å². The molecule has 2 aromatic rings. The predicted octanol–water partition coefficient (Wildman–Crippen LogP) is 4.99. The summed E-state index contributed by atoms with van der Waals surface area (Å²) in [6.45, 7) is 11.1. The van der Waals surface area contributed by atoms with Crippen LogP contribution in [0, 0.1) is 0 Å². The number of hydrogen-bond acceptors (Lipinski definition) is 4. The molecule has 1 aromatic heterocycles. The summed E-state index contributed by atoms with van der Waals surface area (Å²) in [6, 6.07) is 11.0.